The summed E-state index contributed by atoms with van der Waals surface area (Å²) >= 11 is 0. The first-order valence-electron chi connectivity index (χ1n) is 5.00. The molecule has 0 bridgehead atoms. The summed E-state index contributed by atoms with van der Waals surface area (Å²) in [5, 5.41) is 48.8. The highest BCUT2D eigenvalue weighted by atomic mass is 16.5. The van der Waals surface area contributed by atoms with Crippen LogP contribution >= 0.6 is 0 Å². The van der Waals surface area contributed by atoms with Crippen molar-refractivity contribution in [2.45, 2.75) is 31.5 Å². The van der Waals surface area contributed by atoms with Crippen molar-refractivity contribution in [1.82, 2.24) is 5.32 Å². The molecule has 6 N–H and O–H groups in total. The summed E-state index contributed by atoms with van der Waals surface area (Å²) in [6.07, 6.45) is -4.57. The lowest BCUT2D eigenvalue weighted by molar-refractivity contribution is -0.131. The monoisotopic (exact) mass is 235 g/mol. The zero-order valence-electron chi connectivity index (χ0n) is 8.82. The van der Waals surface area contributed by atoms with Crippen LogP contribution in [0.1, 0.15) is 6.92 Å². The standard InChI is InChI=1S/C9H17NO6/c1-3(12)10-6-4(2-11)7(13)8(14)5(6)9(15)16/h4-9,11,13-16H,2H2,1H3,(H,10,12). The molecule has 0 aromatic heterocycles. The quantitative estimate of drug-likeness (QED) is 0.285. The molecule has 1 fully saturated rings. The highest BCUT2D eigenvalue weighted by Gasteiger charge is 2.52. The second kappa shape index (κ2) is 5.07. The maximum absolute atomic E-state index is 10.9. The fraction of sp³-hybridized carbons (Fsp3) is 0.889. The topological polar surface area (TPSA) is 130 Å². The fourth-order valence-electron chi connectivity index (χ4n) is 2.21. The lowest BCUT2D eigenvalue weighted by Gasteiger charge is -2.26. The van der Waals surface area contributed by atoms with Gasteiger partial charge < -0.3 is 30.8 Å². The zero-order valence-corrected chi connectivity index (χ0v) is 8.82. The lowest BCUT2D eigenvalue weighted by Crippen LogP contribution is -2.47. The minimum absolute atomic E-state index is 0.435. The Morgan fingerprint density at radius 3 is 2.25 bits per heavy atom. The average Bonchev–Trinajstić information content (AvgIpc) is 2.38. The van der Waals surface area contributed by atoms with Crippen molar-refractivity contribution in [3.05, 3.63) is 0 Å². The number of aliphatic hydroxyl groups excluding tert-OH is 4. The Kier molecular flexibility index (Phi) is 4.22. The van der Waals surface area contributed by atoms with Gasteiger partial charge in [-0.05, 0) is 0 Å². The van der Waals surface area contributed by atoms with Crippen molar-refractivity contribution in [2.24, 2.45) is 11.8 Å². The Morgan fingerprint density at radius 2 is 1.88 bits per heavy atom. The molecule has 1 amide bonds. The first-order chi connectivity index (χ1) is 7.40. The number of amides is 1. The molecule has 1 aliphatic carbocycles. The lowest BCUT2D eigenvalue weighted by atomic mass is 9.96. The van der Waals surface area contributed by atoms with Gasteiger partial charge in [0.2, 0.25) is 5.91 Å². The maximum Gasteiger partial charge on any atom is 0.217 e. The smallest absolute Gasteiger partial charge is 0.217 e. The van der Waals surface area contributed by atoms with Gasteiger partial charge in [0, 0.05) is 18.9 Å². The summed E-state index contributed by atoms with van der Waals surface area (Å²) in [4.78, 5) is 10.9. The van der Waals surface area contributed by atoms with Gasteiger partial charge in [0.15, 0.2) is 6.29 Å². The van der Waals surface area contributed by atoms with Crippen LogP contribution in [-0.4, -0.2) is 62.6 Å². The predicted molar refractivity (Wildman–Crippen MR) is 51.9 cm³/mol. The molecule has 5 atom stereocenters. The number of aliphatic hydroxyl groups is 5. The fourth-order valence-corrected chi connectivity index (χ4v) is 2.21. The van der Waals surface area contributed by atoms with Crippen LogP contribution in [0.15, 0.2) is 0 Å². The van der Waals surface area contributed by atoms with Crippen LogP contribution < -0.4 is 5.32 Å². The van der Waals surface area contributed by atoms with E-state index >= 15 is 0 Å². The van der Waals surface area contributed by atoms with Gasteiger partial charge in [0.25, 0.3) is 0 Å². The molecule has 1 rings (SSSR count). The van der Waals surface area contributed by atoms with E-state index in [9.17, 15) is 15.0 Å². The van der Waals surface area contributed by atoms with E-state index in [1.165, 1.54) is 6.92 Å². The summed E-state index contributed by atoms with van der Waals surface area (Å²) in [7, 11) is 0. The van der Waals surface area contributed by atoms with Crippen molar-refractivity contribution in [2.75, 3.05) is 6.61 Å². The summed E-state index contributed by atoms with van der Waals surface area (Å²) in [5.41, 5.74) is 0. The molecule has 0 aliphatic heterocycles. The molecule has 0 aromatic carbocycles. The number of rotatable bonds is 3. The van der Waals surface area contributed by atoms with Crippen LogP contribution in [0.2, 0.25) is 0 Å². The van der Waals surface area contributed by atoms with Crippen LogP contribution in [0.4, 0.5) is 0 Å². The summed E-state index contributed by atoms with van der Waals surface area (Å²) < 4.78 is 0. The molecule has 94 valence electrons. The normalized spacial score (nSPS) is 39.1. The highest BCUT2D eigenvalue weighted by molar-refractivity contribution is 5.73. The number of nitrogens with one attached hydrogen (secondary N) is 1. The van der Waals surface area contributed by atoms with E-state index in [2.05, 4.69) is 5.32 Å². The van der Waals surface area contributed by atoms with E-state index in [-0.39, 0.29) is 0 Å². The Balaban J connectivity index is 2.91. The Morgan fingerprint density at radius 1 is 1.31 bits per heavy atom. The molecular formula is C9H17NO6. The third-order valence-electron chi connectivity index (χ3n) is 2.98. The minimum Gasteiger partial charge on any atom is -0.396 e. The number of carbonyl (C=O) groups excluding carboxylic acids is 1. The molecule has 0 radical (unpaired) electrons. The van der Waals surface area contributed by atoms with E-state index < -0.39 is 48.9 Å². The molecule has 0 saturated heterocycles. The first-order valence-corrected chi connectivity index (χ1v) is 5.00. The SMILES string of the molecule is CC(=O)NC1C(CO)C(O)C(O)C1C(O)O. The Hall–Kier alpha value is -0.730. The number of carbonyl (C=O) groups is 1. The summed E-state index contributed by atoms with van der Waals surface area (Å²) in [6, 6.07) is -0.868. The number of hydrogen-bond donors (Lipinski definition) is 6. The molecule has 0 heterocycles. The van der Waals surface area contributed by atoms with E-state index in [0.29, 0.717) is 0 Å². The summed E-state index contributed by atoms with van der Waals surface area (Å²) in [6.45, 7) is 0.763. The molecule has 16 heavy (non-hydrogen) atoms. The molecule has 0 aromatic rings. The van der Waals surface area contributed by atoms with Crippen molar-refractivity contribution in [3.63, 3.8) is 0 Å². The first kappa shape index (κ1) is 13.3. The van der Waals surface area contributed by atoms with Crippen molar-refractivity contribution < 1.29 is 30.3 Å². The Labute approximate surface area is 92.3 Å². The molecular weight excluding hydrogens is 218 g/mol. The largest absolute Gasteiger partial charge is 0.396 e. The van der Waals surface area contributed by atoms with Crippen molar-refractivity contribution in [1.29, 1.82) is 0 Å². The average molecular weight is 235 g/mol. The van der Waals surface area contributed by atoms with E-state index in [1.807, 2.05) is 0 Å². The minimum atomic E-state index is -1.88. The third kappa shape index (κ3) is 2.33. The molecule has 7 nitrogen and oxygen atoms in total. The Bertz CT molecular complexity index is 258. The van der Waals surface area contributed by atoms with E-state index in [0.717, 1.165) is 0 Å². The molecule has 1 saturated carbocycles. The van der Waals surface area contributed by atoms with Gasteiger partial charge in [0.1, 0.15) is 0 Å². The van der Waals surface area contributed by atoms with Gasteiger partial charge in [-0.15, -0.1) is 0 Å². The van der Waals surface area contributed by atoms with Crippen molar-refractivity contribution in [3.8, 4) is 0 Å². The molecule has 1 aliphatic rings. The van der Waals surface area contributed by atoms with E-state index in [1.54, 1.807) is 0 Å². The molecule has 5 unspecified atom stereocenters. The van der Waals surface area contributed by atoms with E-state index in [4.69, 9.17) is 15.3 Å². The third-order valence-corrected chi connectivity index (χ3v) is 2.98. The highest BCUT2D eigenvalue weighted by Crippen LogP contribution is 2.33. The molecule has 7 heteroatoms. The van der Waals surface area contributed by atoms with Crippen LogP contribution in [0.3, 0.4) is 0 Å². The van der Waals surface area contributed by atoms with Crippen LogP contribution in [0.5, 0.6) is 0 Å². The number of hydrogen-bond acceptors (Lipinski definition) is 6. The zero-order chi connectivity index (χ0) is 12.5. The van der Waals surface area contributed by atoms with Gasteiger partial charge in [0.05, 0.1) is 24.7 Å². The molecule has 0 spiro atoms. The van der Waals surface area contributed by atoms with Crippen LogP contribution in [-0.2, 0) is 4.79 Å². The van der Waals surface area contributed by atoms with Gasteiger partial charge >= 0.3 is 0 Å². The van der Waals surface area contributed by atoms with Gasteiger partial charge in [-0.2, -0.15) is 0 Å². The predicted octanol–water partition coefficient (Wildman–Crippen LogP) is -3.24. The van der Waals surface area contributed by atoms with Crippen LogP contribution in [0.25, 0.3) is 0 Å². The second-order valence-electron chi connectivity index (χ2n) is 4.04. The second-order valence-corrected chi connectivity index (χ2v) is 4.04. The van der Waals surface area contributed by atoms with Gasteiger partial charge in [-0.3, -0.25) is 4.79 Å². The maximum atomic E-state index is 10.9. The van der Waals surface area contributed by atoms with Gasteiger partial charge in [-0.25, -0.2) is 0 Å². The van der Waals surface area contributed by atoms with Crippen molar-refractivity contribution >= 4 is 5.91 Å². The van der Waals surface area contributed by atoms with Crippen LogP contribution in [0, 0.1) is 11.8 Å². The summed E-state index contributed by atoms with van der Waals surface area (Å²) in [5.74, 6) is -2.36. The van der Waals surface area contributed by atoms with Gasteiger partial charge in [-0.1, -0.05) is 0 Å².